The van der Waals surface area contributed by atoms with Crippen molar-refractivity contribution in [3.05, 3.63) is 36.5 Å². The van der Waals surface area contributed by atoms with E-state index in [1.165, 1.54) is 26.4 Å². The minimum absolute atomic E-state index is 0.157. The van der Waals surface area contributed by atoms with Gasteiger partial charge in [0.05, 0.1) is 7.11 Å². The molecule has 4 heteroatoms. The van der Waals surface area contributed by atoms with Crippen LogP contribution in [0.5, 0.6) is 0 Å². The van der Waals surface area contributed by atoms with E-state index in [-0.39, 0.29) is 12.1 Å². The lowest BCUT2D eigenvalue weighted by atomic mass is 10.1. The largest absolute Gasteiger partial charge is 0.469 e. The Morgan fingerprint density at radius 3 is 2.48 bits per heavy atom. The van der Waals surface area contributed by atoms with Crippen molar-refractivity contribution in [1.29, 1.82) is 0 Å². The molecule has 0 bridgehead atoms. The predicted octanol–water partition coefficient (Wildman–Crippen LogP) is 5.22. The fourth-order valence-electron chi connectivity index (χ4n) is 2.01. The van der Waals surface area contributed by atoms with Gasteiger partial charge in [-0.05, 0) is 38.5 Å². The Labute approximate surface area is 140 Å². The van der Waals surface area contributed by atoms with Gasteiger partial charge in [-0.15, -0.1) is 0 Å². The minimum Gasteiger partial charge on any atom is -0.469 e. The highest BCUT2D eigenvalue weighted by Crippen LogP contribution is 2.05. The van der Waals surface area contributed by atoms with Gasteiger partial charge >= 0.3 is 5.97 Å². The summed E-state index contributed by atoms with van der Waals surface area (Å²) < 4.78 is 4.58. The summed E-state index contributed by atoms with van der Waals surface area (Å²) in [5.74, 6) is -0.157. The molecule has 1 N–H and O–H groups in total. The number of esters is 1. The second-order valence-corrected chi connectivity index (χ2v) is 5.48. The first-order valence-corrected chi connectivity index (χ1v) is 8.60. The number of rotatable bonds is 14. The Kier molecular flexibility index (Phi) is 15.9. The summed E-state index contributed by atoms with van der Waals surface area (Å²) in [6.45, 7) is 2.19. The maximum Gasteiger partial charge on any atom is 0.305 e. The number of hydrogen-bond acceptors (Lipinski definition) is 4. The minimum atomic E-state index is -0.318. The van der Waals surface area contributed by atoms with Crippen molar-refractivity contribution in [2.24, 2.45) is 0 Å². The van der Waals surface area contributed by atoms with Gasteiger partial charge in [-0.3, -0.25) is 10.1 Å². The molecule has 0 rings (SSSR count). The van der Waals surface area contributed by atoms with E-state index in [0.717, 1.165) is 25.7 Å². The maximum absolute atomic E-state index is 10.9. The van der Waals surface area contributed by atoms with Crippen LogP contribution in [-0.2, 0) is 14.4 Å². The molecule has 0 radical (unpaired) electrons. The lowest BCUT2D eigenvalue weighted by Crippen LogP contribution is -2.04. The molecule has 0 saturated carbocycles. The van der Waals surface area contributed by atoms with Gasteiger partial charge in [0.25, 0.3) is 0 Å². The van der Waals surface area contributed by atoms with Crippen LogP contribution in [0.2, 0.25) is 0 Å². The lowest BCUT2D eigenvalue weighted by molar-refractivity contribution is -0.264. The van der Waals surface area contributed by atoms with E-state index in [9.17, 15) is 4.79 Å². The summed E-state index contributed by atoms with van der Waals surface area (Å²) in [5.41, 5.74) is 0. The summed E-state index contributed by atoms with van der Waals surface area (Å²) in [6, 6.07) is 0. The number of unbranched alkanes of at least 4 members (excludes halogenated alkanes) is 5. The highest BCUT2D eigenvalue weighted by molar-refractivity contribution is 5.68. The Hall–Kier alpha value is -1.39. The fourth-order valence-corrected chi connectivity index (χ4v) is 2.01. The highest BCUT2D eigenvalue weighted by Gasteiger charge is 2.00. The van der Waals surface area contributed by atoms with E-state index in [4.69, 9.17) is 5.26 Å². The van der Waals surface area contributed by atoms with E-state index in [1.54, 1.807) is 0 Å². The van der Waals surface area contributed by atoms with Crippen LogP contribution >= 0.6 is 0 Å². The molecule has 1 atom stereocenters. The topological polar surface area (TPSA) is 55.8 Å². The van der Waals surface area contributed by atoms with Crippen LogP contribution in [0.1, 0.15) is 64.7 Å². The molecule has 0 aromatic rings. The van der Waals surface area contributed by atoms with Crippen molar-refractivity contribution in [1.82, 2.24) is 0 Å². The molecule has 0 aliphatic rings. The molecule has 0 saturated heterocycles. The highest BCUT2D eigenvalue weighted by atomic mass is 17.1. The van der Waals surface area contributed by atoms with Gasteiger partial charge in [-0.25, -0.2) is 4.89 Å². The third-order valence-electron chi connectivity index (χ3n) is 3.45. The van der Waals surface area contributed by atoms with Crippen molar-refractivity contribution >= 4 is 5.97 Å². The van der Waals surface area contributed by atoms with Crippen molar-refractivity contribution in [2.45, 2.75) is 70.8 Å². The molecule has 0 aromatic carbocycles. The monoisotopic (exact) mass is 324 g/mol. The van der Waals surface area contributed by atoms with Gasteiger partial charge in [0, 0.05) is 6.42 Å². The standard InChI is InChI=1S/C19H32O4/c1-3-4-5-6-7-9-12-15-18(23-21)16-13-10-8-11-14-17-19(20)22-2/h7,9-10,12-13,15,18,21H,3-6,8,11,14,16-17H2,1-2H3/b9-7-,13-10-,15-12+. The lowest BCUT2D eigenvalue weighted by Gasteiger charge is -2.04. The molecule has 0 amide bonds. The van der Waals surface area contributed by atoms with E-state index >= 15 is 0 Å². The van der Waals surface area contributed by atoms with Crippen LogP contribution in [0.3, 0.4) is 0 Å². The van der Waals surface area contributed by atoms with Crippen molar-refractivity contribution in [2.75, 3.05) is 7.11 Å². The second-order valence-electron chi connectivity index (χ2n) is 5.48. The number of hydrogen-bond donors (Lipinski definition) is 1. The summed E-state index contributed by atoms with van der Waals surface area (Å²) in [7, 11) is 1.41. The summed E-state index contributed by atoms with van der Waals surface area (Å²) in [6.07, 6.45) is 20.2. The average molecular weight is 324 g/mol. The normalized spacial score (nSPS) is 13.3. The molecular weight excluding hydrogens is 292 g/mol. The molecule has 0 heterocycles. The molecule has 4 nitrogen and oxygen atoms in total. The molecule has 0 aliphatic carbocycles. The molecule has 23 heavy (non-hydrogen) atoms. The zero-order valence-electron chi connectivity index (χ0n) is 14.6. The number of allylic oxidation sites excluding steroid dienone is 4. The van der Waals surface area contributed by atoms with Crippen LogP contribution in [0.15, 0.2) is 36.5 Å². The van der Waals surface area contributed by atoms with Crippen LogP contribution < -0.4 is 0 Å². The van der Waals surface area contributed by atoms with Gasteiger partial charge in [-0.1, -0.05) is 56.2 Å². The molecule has 132 valence electrons. The zero-order chi connectivity index (χ0) is 17.2. The molecule has 1 unspecified atom stereocenters. The van der Waals surface area contributed by atoms with Crippen LogP contribution in [0, 0.1) is 0 Å². The zero-order valence-corrected chi connectivity index (χ0v) is 14.6. The summed E-state index contributed by atoms with van der Waals surface area (Å²) >= 11 is 0. The number of ether oxygens (including phenoxy) is 1. The Balaban J connectivity index is 3.75. The second kappa shape index (κ2) is 17.0. The van der Waals surface area contributed by atoms with Crippen LogP contribution in [0.25, 0.3) is 0 Å². The van der Waals surface area contributed by atoms with E-state index in [0.29, 0.717) is 12.8 Å². The predicted molar refractivity (Wildman–Crippen MR) is 94.2 cm³/mol. The van der Waals surface area contributed by atoms with E-state index < -0.39 is 0 Å². The molecule has 0 aliphatic heterocycles. The van der Waals surface area contributed by atoms with Crippen molar-refractivity contribution in [3.8, 4) is 0 Å². The van der Waals surface area contributed by atoms with Gasteiger partial charge in [-0.2, -0.15) is 0 Å². The Bertz CT molecular complexity index is 358. The molecule has 0 spiro atoms. The summed E-state index contributed by atoms with van der Waals surface area (Å²) in [5, 5.41) is 8.87. The maximum atomic E-state index is 10.9. The Morgan fingerprint density at radius 2 is 1.78 bits per heavy atom. The van der Waals surface area contributed by atoms with Crippen molar-refractivity contribution < 1.29 is 19.7 Å². The van der Waals surface area contributed by atoms with E-state index in [2.05, 4.69) is 28.7 Å². The molecular formula is C19H32O4. The van der Waals surface area contributed by atoms with Gasteiger partial charge < -0.3 is 4.74 Å². The number of carbonyl (C=O) groups excluding carboxylic acids is 1. The first-order chi connectivity index (χ1) is 11.2. The third-order valence-corrected chi connectivity index (χ3v) is 3.45. The molecule has 0 fully saturated rings. The van der Waals surface area contributed by atoms with Crippen LogP contribution in [0.4, 0.5) is 0 Å². The number of methoxy groups -OCH3 is 1. The average Bonchev–Trinajstić information content (AvgIpc) is 2.57. The SMILES string of the molecule is CCCCC/C=C\C=C\C(C/C=C\CCCCC(=O)OC)OO. The first kappa shape index (κ1) is 21.6. The van der Waals surface area contributed by atoms with Crippen molar-refractivity contribution in [3.63, 3.8) is 0 Å². The number of carbonyl (C=O) groups is 1. The third kappa shape index (κ3) is 15.3. The van der Waals surface area contributed by atoms with Gasteiger partial charge in [0.15, 0.2) is 0 Å². The van der Waals surface area contributed by atoms with Gasteiger partial charge in [0.2, 0.25) is 0 Å². The van der Waals surface area contributed by atoms with Crippen LogP contribution in [-0.4, -0.2) is 24.4 Å². The Morgan fingerprint density at radius 1 is 1.04 bits per heavy atom. The fraction of sp³-hybridized carbons (Fsp3) is 0.632. The first-order valence-electron chi connectivity index (χ1n) is 8.60. The van der Waals surface area contributed by atoms with E-state index in [1.807, 2.05) is 24.3 Å². The quantitative estimate of drug-likeness (QED) is 0.119. The van der Waals surface area contributed by atoms with Gasteiger partial charge in [0.1, 0.15) is 6.10 Å². The smallest absolute Gasteiger partial charge is 0.305 e. The summed E-state index contributed by atoms with van der Waals surface area (Å²) in [4.78, 5) is 15.4. The molecule has 0 aromatic heterocycles.